The van der Waals surface area contributed by atoms with Crippen molar-refractivity contribution in [2.24, 2.45) is 5.92 Å². The van der Waals surface area contributed by atoms with Crippen LogP contribution in [0.1, 0.15) is 18.9 Å². The second kappa shape index (κ2) is 7.41. The number of ether oxygens (including phenoxy) is 1. The molecule has 0 aliphatic carbocycles. The van der Waals surface area contributed by atoms with Gasteiger partial charge in [-0.25, -0.2) is 0 Å². The molecule has 1 saturated heterocycles. The summed E-state index contributed by atoms with van der Waals surface area (Å²) in [5, 5.41) is 9.78. The third-order valence-electron chi connectivity index (χ3n) is 3.87. The van der Waals surface area contributed by atoms with Crippen LogP contribution in [0.25, 0.3) is 0 Å². The largest absolute Gasteiger partial charge is 0.391 e. The Hall–Kier alpha value is -1.39. The van der Waals surface area contributed by atoms with Crippen LogP contribution < -0.4 is 0 Å². The van der Waals surface area contributed by atoms with E-state index >= 15 is 0 Å². The predicted molar refractivity (Wildman–Crippen MR) is 77.3 cm³/mol. The van der Waals surface area contributed by atoms with Crippen LogP contribution in [0.4, 0.5) is 0 Å². The standard InChI is InChI=1S/C16H23NO3/c1-13-7-9-17(11-15(13)18)16(19)12-20-10-8-14-5-3-2-4-6-14/h2-6,13,15,18H,7-12H2,1H3. The Morgan fingerprint density at radius 3 is 2.85 bits per heavy atom. The minimum Gasteiger partial charge on any atom is -0.391 e. The van der Waals surface area contributed by atoms with Crippen molar-refractivity contribution in [2.75, 3.05) is 26.3 Å². The first-order chi connectivity index (χ1) is 9.66. The van der Waals surface area contributed by atoms with Gasteiger partial charge < -0.3 is 14.7 Å². The summed E-state index contributed by atoms with van der Waals surface area (Å²) in [5.41, 5.74) is 1.21. The minimum atomic E-state index is -0.406. The molecule has 1 aliphatic rings. The fraction of sp³-hybridized carbons (Fsp3) is 0.562. The van der Waals surface area contributed by atoms with Gasteiger partial charge in [-0.15, -0.1) is 0 Å². The summed E-state index contributed by atoms with van der Waals surface area (Å²) >= 11 is 0. The number of likely N-dealkylation sites (tertiary alicyclic amines) is 1. The molecular weight excluding hydrogens is 254 g/mol. The molecular formula is C16H23NO3. The van der Waals surface area contributed by atoms with Gasteiger partial charge in [-0.2, -0.15) is 0 Å². The van der Waals surface area contributed by atoms with E-state index in [0.717, 1.165) is 19.4 Å². The molecule has 20 heavy (non-hydrogen) atoms. The Morgan fingerprint density at radius 1 is 1.40 bits per heavy atom. The zero-order valence-electron chi connectivity index (χ0n) is 12.0. The van der Waals surface area contributed by atoms with Crippen molar-refractivity contribution in [3.63, 3.8) is 0 Å². The average Bonchev–Trinajstić information content (AvgIpc) is 2.47. The van der Waals surface area contributed by atoms with Crippen LogP contribution in [-0.4, -0.2) is 48.3 Å². The first-order valence-corrected chi connectivity index (χ1v) is 7.24. The number of piperidine rings is 1. The maximum Gasteiger partial charge on any atom is 0.248 e. The number of aliphatic hydroxyl groups excluding tert-OH is 1. The topological polar surface area (TPSA) is 49.8 Å². The molecule has 4 nitrogen and oxygen atoms in total. The van der Waals surface area contributed by atoms with Crippen LogP contribution in [0.5, 0.6) is 0 Å². The Kier molecular flexibility index (Phi) is 5.56. The predicted octanol–water partition coefficient (Wildman–Crippen LogP) is 1.47. The van der Waals surface area contributed by atoms with Crippen LogP contribution in [0.3, 0.4) is 0 Å². The number of hydrogen-bond acceptors (Lipinski definition) is 3. The zero-order valence-corrected chi connectivity index (χ0v) is 12.0. The number of aliphatic hydroxyl groups is 1. The van der Waals surface area contributed by atoms with Crippen molar-refractivity contribution in [3.8, 4) is 0 Å². The molecule has 0 saturated carbocycles. The Balaban J connectivity index is 1.65. The highest BCUT2D eigenvalue weighted by molar-refractivity contribution is 5.77. The van der Waals surface area contributed by atoms with E-state index in [9.17, 15) is 9.90 Å². The summed E-state index contributed by atoms with van der Waals surface area (Å²) in [6, 6.07) is 10.1. The third-order valence-corrected chi connectivity index (χ3v) is 3.87. The van der Waals surface area contributed by atoms with E-state index in [1.165, 1.54) is 5.56 Å². The molecule has 4 heteroatoms. The van der Waals surface area contributed by atoms with E-state index in [1.54, 1.807) is 4.90 Å². The molecule has 1 amide bonds. The van der Waals surface area contributed by atoms with Crippen molar-refractivity contribution >= 4 is 5.91 Å². The summed E-state index contributed by atoms with van der Waals surface area (Å²) in [6.07, 6.45) is 1.27. The highest BCUT2D eigenvalue weighted by atomic mass is 16.5. The van der Waals surface area contributed by atoms with E-state index in [-0.39, 0.29) is 18.4 Å². The molecule has 2 atom stereocenters. The van der Waals surface area contributed by atoms with Gasteiger partial charge in [-0.05, 0) is 24.3 Å². The molecule has 1 N–H and O–H groups in total. The second-order valence-electron chi connectivity index (χ2n) is 5.46. The van der Waals surface area contributed by atoms with Gasteiger partial charge in [0.25, 0.3) is 0 Å². The maximum atomic E-state index is 12.0. The molecule has 1 aromatic carbocycles. The van der Waals surface area contributed by atoms with E-state index in [0.29, 0.717) is 13.2 Å². The molecule has 2 rings (SSSR count). The second-order valence-corrected chi connectivity index (χ2v) is 5.46. The monoisotopic (exact) mass is 277 g/mol. The molecule has 2 unspecified atom stereocenters. The van der Waals surface area contributed by atoms with Crippen LogP contribution in [0, 0.1) is 5.92 Å². The Bertz CT molecular complexity index is 421. The van der Waals surface area contributed by atoms with Gasteiger partial charge in [0, 0.05) is 13.1 Å². The van der Waals surface area contributed by atoms with Gasteiger partial charge >= 0.3 is 0 Å². The van der Waals surface area contributed by atoms with Crippen molar-refractivity contribution in [2.45, 2.75) is 25.9 Å². The lowest BCUT2D eigenvalue weighted by molar-refractivity contribution is -0.140. The summed E-state index contributed by atoms with van der Waals surface area (Å²) in [4.78, 5) is 13.7. The van der Waals surface area contributed by atoms with Crippen molar-refractivity contribution in [1.82, 2.24) is 4.90 Å². The molecule has 0 aromatic heterocycles. The fourth-order valence-electron chi connectivity index (χ4n) is 2.36. The lowest BCUT2D eigenvalue weighted by atomic mass is 9.96. The SMILES string of the molecule is CC1CCN(C(=O)COCCc2ccccc2)CC1O. The normalized spacial score (nSPS) is 22.8. The maximum absolute atomic E-state index is 12.0. The third kappa shape index (κ3) is 4.32. The van der Waals surface area contributed by atoms with Gasteiger partial charge in [0.2, 0.25) is 5.91 Å². The van der Waals surface area contributed by atoms with Gasteiger partial charge in [-0.1, -0.05) is 37.3 Å². The van der Waals surface area contributed by atoms with Crippen molar-refractivity contribution in [3.05, 3.63) is 35.9 Å². The molecule has 1 aromatic rings. The summed E-state index contributed by atoms with van der Waals surface area (Å²) < 4.78 is 5.44. The lowest BCUT2D eigenvalue weighted by Gasteiger charge is -2.34. The number of nitrogens with zero attached hydrogens (tertiary/aromatic N) is 1. The number of carbonyl (C=O) groups excluding carboxylic acids is 1. The first-order valence-electron chi connectivity index (χ1n) is 7.24. The van der Waals surface area contributed by atoms with E-state index < -0.39 is 6.10 Å². The van der Waals surface area contributed by atoms with Crippen molar-refractivity contribution < 1.29 is 14.6 Å². The number of β-amino-alcohol motifs (C(OH)–C–C–N with tert-alkyl or cyclic N) is 1. The van der Waals surface area contributed by atoms with Crippen molar-refractivity contribution in [1.29, 1.82) is 0 Å². The lowest BCUT2D eigenvalue weighted by Crippen LogP contribution is -2.47. The van der Waals surface area contributed by atoms with Gasteiger partial charge in [-0.3, -0.25) is 4.79 Å². The van der Waals surface area contributed by atoms with Gasteiger partial charge in [0.05, 0.1) is 12.7 Å². The number of hydrogen-bond donors (Lipinski definition) is 1. The zero-order chi connectivity index (χ0) is 14.4. The molecule has 1 fully saturated rings. The van der Waals surface area contributed by atoms with Gasteiger partial charge in [0.15, 0.2) is 0 Å². The van der Waals surface area contributed by atoms with Crippen LogP contribution in [-0.2, 0) is 16.0 Å². The van der Waals surface area contributed by atoms with Crippen LogP contribution in [0.15, 0.2) is 30.3 Å². The number of carbonyl (C=O) groups is 1. The minimum absolute atomic E-state index is 0.0241. The molecule has 0 bridgehead atoms. The molecule has 0 spiro atoms. The highest BCUT2D eigenvalue weighted by Crippen LogP contribution is 2.16. The quantitative estimate of drug-likeness (QED) is 0.829. The number of amides is 1. The smallest absolute Gasteiger partial charge is 0.248 e. The first kappa shape index (κ1) is 15.0. The Labute approximate surface area is 120 Å². The van der Waals surface area contributed by atoms with Crippen LogP contribution >= 0.6 is 0 Å². The molecule has 1 heterocycles. The Morgan fingerprint density at radius 2 is 2.15 bits per heavy atom. The fourth-order valence-corrected chi connectivity index (χ4v) is 2.36. The summed E-state index contributed by atoms with van der Waals surface area (Å²) in [6.45, 7) is 3.82. The van der Waals surface area contributed by atoms with E-state index in [2.05, 4.69) is 0 Å². The molecule has 1 aliphatic heterocycles. The van der Waals surface area contributed by atoms with Crippen LogP contribution in [0.2, 0.25) is 0 Å². The molecule has 110 valence electrons. The molecule has 0 radical (unpaired) electrons. The van der Waals surface area contributed by atoms with Gasteiger partial charge in [0.1, 0.15) is 6.61 Å². The average molecular weight is 277 g/mol. The number of rotatable bonds is 5. The number of benzene rings is 1. The van der Waals surface area contributed by atoms with E-state index in [1.807, 2.05) is 37.3 Å². The highest BCUT2D eigenvalue weighted by Gasteiger charge is 2.26. The summed E-state index contributed by atoms with van der Waals surface area (Å²) in [5.74, 6) is 0.252. The summed E-state index contributed by atoms with van der Waals surface area (Å²) in [7, 11) is 0. The van der Waals surface area contributed by atoms with E-state index in [4.69, 9.17) is 4.74 Å².